The van der Waals surface area contributed by atoms with E-state index in [1.54, 1.807) is 6.92 Å². The van der Waals surface area contributed by atoms with Crippen LogP contribution >= 0.6 is 0 Å². The zero-order chi connectivity index (χ0) is 9.90. The molecule has 0 spiro atoms. The summed E-state index contributed by atoms with van der Waals surface area (Å²) in [5, 5.41) is 18.3. The topological polar surface area (TPSA) is 60.8 Å². The molecule has 13 heavy (non-hydrogen) atoms. The van der Waals surface area contributed by atoms with Gasteiger partial charge < -0.3 is 15.1 Å². The van der Waals surface area contributed by atoms with Crippen LogP contribution in [0.2, 0.25) is 0 Å². The molecule has 1 aliphatic rings. The highest BCUT2D eigenvalue weighted by atomic mass is 16.4. The molecule has 0 aromatic rings. The molecular formula is C9H17NO3. The highest BCUT2D eigenvalue weighted by Gasteiger charge is 2.28. The molecule has 1 fully saturated rings. The summed E-state index contributed by atoms with van der Waals surface area (Å²) in [4.78, 5) is 12.5. The van der Waals surface area contributed by atoms with E-state index in [-0.39, 0.29) is 6.42 Å². The standard InChI is InChI=1S/C9H17NO3/c1-9(13,6-8(11)12)7-10-4-2-3-5-10/h13H,2-7H2,1H3,(H,11,12). The number of carboxylic acid groups (broad SMARTS) is 1. The van der Waals surface area contributed by atoms with Gasteiger partial charge in [-0.05, 0) is 32.9 Å². The maximum Gasteiger partial charge on any atom is 0.306 e. The summed E-state index contributed by atoms with van der Waals surface area (Å²) < 4.78 is 0. The summed E-state index contributed by atoms with van der Waals surface area (Å²) in [6.45, 7) is 4.02. The van der Waals surface area contributed by atoms with Crippen molar-refractivity contribution in [3.05, 3.63) is 0 Å². The van der Waals surface area contributed by atoms with Crippen molar-refractivity contribution in [1.29, 1.82) is 0 Å². The van der Waals surface area contributed by atoms with Gasteiger partial charge in [0.2, 0.25) is 0 Å². The number of hydrogen-bond donors (Lipinski definition) is 2. The van der Waals surface area contributed by atoms with Crippen molar-refractivity contribution in [2.24, 2.45) is 0 Å². The predicted molar refractivity (Wildman–Crippen MR) is 48.6 cm³/mol. The van der Waals surface area contributed by atoms with Crippen LogP contribution in [-0.4, -0.2) is 46.3 Å². The molecule has 0 aliphatic carbocycles. The van der Waals surface area contributed by atoms with Crippen LogP contribution in [0.3, 0.4) is 0 Å². The van der Waals surface area contributed by atoms with Gasteiger partial charge in [-0.3, -0.25) is 4.79 Å². The summed E-state index contributed by atoms with van der Waals surface area (Å²) in [6.07, 6.45) is 2.13. The minimum Gasteiger partial charge on any atom is -0.481 e. The number of aliphatic hydroxyl groups is 1. The van der Waals surface area contributed by atoms with E-state index in [9.17, 15) is 9.90 Å². The Morgan fingerprint density at radius 2 is 2.00 bits per heavy atom. The van der Waals surface area contributed by atoms with Crippen LogP contribution in [0, 0.1) is 0 Å². The average molecular weight is 187 g/mol. The van der Waals surface area contributed by atoms with Gasteiger partial charge in [-0.1, -0.05) is 0 Å². The third kappa shape index (κ3) is 3.74. The lowest BCUT2D eigenvalue weighted by atomic mass is 10.0. The minimum absolute atomic E-state index is 0.177. The van der Waals surface area contributed by atoms with Gasteiger partial charge in [-0.15, -0.1) is 0 Å². The lowest BCUT2D eigenvalue weighted by molar-refractivity contribution is -0.142. The van der Waals surface area contributed by atoms with Crippen LogP contribution in [0.1, 0.15) is 26.2 Å². The van der Waals surface area contributed by atoms with E-state index in [4.69, 9.17) is 5.11 Å². The van der Waals surface area contributed by atoms with Crippen molar-refractivity contribution >= 4 is 5.97 Å². The van der Waals surface area contributed by atoms with E-state index in [0.29, 0.717) is 6.54 Å². The fourth-order valence-corrected chi connectivity index (χ4v) is 1.80. The first-order chi connectivity index (χ1) is 5.99. The van der Waals surface area contributed by atoms with Gasteiger partial charge in [0, 0.05) is 6.54 Å². The zero-order valence-corrected chi connectivity index (χ0v) is 7.99. The first-order valence-electron chi connectivity index (χ1n) is 4.66. The molecular weight excluding hydrogens is 170 g/mol. The van der Waals surface area contributed by atoms with E-state index < -0.39 is 11.6 Å². The van der Waals surface area contributed by atoms with Crippen LogP contribution in [0.4, 0.5) is 0 Å². The Morgan fingerprint density at radius 1 is 1.46 bits per heavy atom. The molecule has 0 aromatic heterocycles. The second-order valence-electron chi connectivity index (χ2n) is 4.05. The van der Waals surface area contributed by atoms with E-state index in [1.807, 2.05) is 0 Å². The molecule has 1 rings (SSSR count). The molecule has 76 valence electrons. The van der Waals surface area contributed by atoms with Gasteiger partial charge in [0.1, 0.15) is 0 Å². The van der Waals surface area contributed by atoms with Crippen LogP contribution < -0.4 is 0 Å². The Balaban J connectivity index is 2.35. The molecule has 0 radical (unpaired) electrons. The number of likely N-dealkylation sites (tertiary alicyclic amines) is 1. The van der Waals surface area contributed by atoms with E-state index in [0.717, 1.165) is 25.9 Å². The van der Waals surface area contributed by atoms with E-state index >= 15 is 0 Å². The number of β-amino-alcohol motifs (C(OH)–C–C–N with tert-alkyl or cyclic N) is 1. The van der Waals surface area contributed by atoms with Crippen molar-refractivity contribution in [1.82, 2.24) is 4.90 Å². The molecule has 4 heteroatoms. The Kier molecular flexibility index (Phi) is 3.27. The minimum atomic E-state index is -1.09. The first-order valence-corrected chi connectivity index (χ1v) is 4.66. The van der Waals surface area contributed by atoms with Gasteiger partial charge in [0.05, 0.1) is 12.0 Å². The van der Waals surface area contributed by atoms with Gasteiger partial charge in [0.25, 0.3) is 0 Å². The van der Waals surface area contributed by atoms with Gasteiger partial charge in [-0.25, -0.2) is 0 Å². The second kappa shape index (κ2) is 4.07. The third-order valence-electron chi connectivity index (χ3n) is 2.29. The van der Waals surface area contributed by atoms with E-state index in [1.165, 1.54) is 0 Å². The summed E-state index contributed by atoms with van der Waals surface area (Å²) in [5.74, 6) is -0.941. The zero-order valence-electron chi connectivity index (χ0n) is 7.99. The molecule has 2 N–H and O–H groups in total. The molecule has 1 unspecified atom stereocenters. The molecule has 1 saturated heterocycles. The SMILES string of the molecule is CC(O)(CC(=O)O)CN1CCCC1. The lowest BCUT2D eigenvalue weighted by Gasteiger charge is -2.27. The number of nitrogens with zero attached hydrogens (tertiary/aromatic N) is 1. The summed E-state index contributed by atoms with van der Waals surface area (Å²) in [7, 11) is 0. The molecule has 0 amide bonds. The first kappa shape index (κ1) is 10.5. The quantitative estimate of drug-likeness (QED) is 0.665. The fourth-order valence-electron chi connectivity index (χ4n) is 1.80. The summed E-state index contributed by atoms with van der Waals surface area (Å²) in [6, 6.07) is 0. The Hall–Kier alpha value is -0.610. The third-order valence-corrected chi connectivity index (χ3v) is 2.29. The Labute approximate surface area is 78.2 Å². The molecule has 1 heterocycles. The maximum atomic E-state index is 10.4. The highest BCUT2D eigenvalue weighted by Crippen LogP contribution is 2.15. The number of carboxylic acids is 1. The molecule has 0 saturated carbocycles. The molecule has 0 aromatic carbocycles. The smallest absolute Gasteiger partial charge is 0.306 e. The maximum absolute atomic E-state index is 10.4. The van der Waals surface area contributed by atoms with Crippen molar-refractivity contribution in [2.45, 2.75) is 31.8 Å². The van der Waals surface area contributed by atoms with Gasteiger partial charge >= 0.3 is 5.97 Å². The number of carbonyl (C=O) groups is 1. The molecule has 0 bridgehead atoms. The number of hydrogen-bond acceptors (Lipinski definition) is 3. The van der Waals surface area contributed by atoms with Crippen molar-refractivity contribution < 1.29 is 15.0 Å². The highest BCUT2D eigenvalue weighted by molar-refractivity contribution is 5.68. The van der Waals surface area contributed by atoms with Crippen LogP contribution in [-0.2, 0) is 4.79 Å². The Morgan fingerprint density at radius 3 is 2.46 bits per heavy atom. The second-order valence-corrected chi connectivity index (χ2v) is 4.05. The summed E-state index contributed by atoms with van der Waals surface area (Å²) >= 11 is 0. The summed E-state index contributed by atoms with van der Waals surface area (Å²) in [5.41, 5.74) is -1.09. The van der Waals surface area contributed by atoms with Crippen molar-refractivity contribution in [2.75, 3.05) is 19.6 Å². The van der Waals surface area contributed by atoms with Crippen molar-refractivity contribution in [3.8, 4) is 0 Å². The predicted octanol–water partition coefficient (Wildman–Crippen LogP) is 0.308. The Bertz CT molecular complexity index is 185. The molecule has 4 nitrogen and oxygen atoms in total. The molecule has 1 aliphatic heterocycles. The normalized spacial score (nSPS) is 22.9. The van der Waals surface area contributed by atoms with Crippen LogP contribution in [0.15, 0.2) is 0 Å². The van der Waals surface area contributed by atoms with E-state index in [2.05, 4.69) is 4.90 Å². The number of aliphatic carboxylic acids is 1. The van der Waals surface area contributed by atoms with Gasteiger partial charge in [-0.2, -0.15) is 0 Å². The van der Waals surface area contributed by atoms with Crippen molar-refractivity contribution in [3.63, 3.8) is 0 Å². The van der Waals surface area contributed by atoms with Crippen LogP contribution in [0.5, 0.6) is 0 Å². The average Bonchev–Trinajstić information content (AvgIpc) is 2.34. The lowest BCUT2D eigenvalue weighted by Crippen LogP contribution is -2.41. The number of rotatable bonds is 4. The van der Waals surface area contributed by atoms with Gasteiger partial charge in [0.15, 0.2) is 0 Å². The van der Waals surface area contributed by atoms with Crippen LogP contribution in [0.25, 0.3) is 0 Å². The molecule has 1 atom stereocenters. The largest absolute Gasteiger partial charge is 0.481 e. The fraction of sp³-hybridized carbons (Fsp3) is 0.889. The monoisotopic (exact) mass is 187 g/mol.